The topological polar surface area (TPSA) is 348 Å². The molecule has 14 unspecified atom stereocenters. The van der Waals surface area contributed by atoms with E-state index in [2.05, 4.69) is 10.6 Å². The van der Waals surface area contributed by atoms with Gasteiger partial charge in [-0.25, -0.2) is 0 Å². The summed E-state index contributed by atoms with van der Waals surface area (Å²) < 4.78 is 50.6. The Kier molecular flexibility index (Phi) is 26.1. The molecular formula is C42H72N2O22P+. The summed E-state index contributed by atoms with van der Waals surface area (Å²) in [5.41, 5.74) is 0. The second-order valence-electron chi connectivity index (χ2n) is 16.1. The normalized spacial score (nSPS) is 27.0. The van der Waals surface area contributed by atoms with Gasteiger partial charge in [0.25, 0.3) is 0 Å². The molecule has 2 saturated heterocycles. The highest BCUT2D eigenvalue weighted by Gasteiger charge is 2.55. The van der Waals surface area contributed by atoms with Gasteiger partial charge in [-0.05, 0) is 25.7 Å². The molecule has 67 heavy (non-hydrogen) atoms. The molecule has 0 aromatic heterocycles. The number of hydrogen-bond donors (Lipinski definition) is 8. The maximum atomic E-state index is 13.8. The van der Waals surface area contributed by atoms with Crippen LogP contribution in [0.5, 0.6) is 0 Å². The number of carbonyl (C=O) groups is 7. The van der Waals surface area contributed by atoms with Gasteiger partial charge >= 0.3 is 37.8 Å². The van der Waals surface area contributed by atoms with Crippen molar-refractivity contribution >= 4 is 49.6 Å². The summed E-state index contributed by atoms with van der Waals surface area (Å²) in [6.45, 7) is 10.4. The van der Waals surface area contributed by atoms with Gasteiger partial charge in [0, 0.05) is 19.3 Å². The summed E-state index contributed by atoms with van der Waals surface area (Å²) in [6, 6.07) is -3.31. The van der Waals surface area contributed by atoms with Crippen molar-refractivity contribution in [2.75, 3.05) is 19.9 Å². The first-order valence-electron chi connectivity index (χ1n) is 22.7. The van der Waals surface area contributed by atoms with E-state index in [4.69, 9.17) is 42.4 Å². The van der Waals surface area contributed by atoms with Crippen molar-refractivity contribution in [2.45, 2.75) is 205 Å². The highest BCUT2D eigenvalue weighted by atomic mass is 31.2. The first-order valence-corrected chi connectivity index (χ1v) is 24.8. The quantitative estimate of drug-likeness (QED) is 0.0288. The van der Waals surface area contributed by atoms with Crippen LogP contribution in [-0.2, 0) is 76.0 Å². The average molecular weight is 988 g/mol. The van der Waals surface area contributed by atoms with Gasteiger partial charge in [-0.2, -0.15) is 14.3 Å². The monoisotopic (exact) mass is 987 g/mol. The third-order valence-electron chi connectivity index (χ3n) is 10.7. The SMILES string of the molecule is CCC(=O)OC(CC)CC(=O)NC1C(O)OC(COC2OC(CO)C(O[P+](C)(O)O)C(OC(=O)CC(CC)OC(=O)CC)C2NC(=O)CC(CC)OC(=O)CC)C(O)C1OC(=O)CC(O)CC. The fourth-order valence-electron chi connectivity index (χ4n) is 6.84. The minimum Gasteiger partial charge on any atom is -0.462 e. The average Bonchev–Trinajstić information content (AvgIpc) is 3.27. The fraction of sp³-hybridized carbons (Fsp3) is 0.833. The highest BCUT2D eigenvalue weighted by Crippen LogP contribution is 2.50. The number of aliphatic hydroxyl groups excluding tert-OH is 4. The fourth-order valence-corrected chi connectivity index (χ4v) is 7.56. The van der Waals surface area contributed by atoms with E-state index in [9.17, 15) is 63.8 Å². The van der Waals surface area contributed by atoms with Gasteiger partial charge in [0.05, 0.1) is 45.0 Å². The van der Waals surface area contributed by atoms with Crippen molar-refractivity contribution < 1.29 is 106 Å². The van der Waals surface area contributed by atoms with Crippen LogP contribution in [0, 0.1) is 0 Å². The summed E-state index contributed by atoms with van der Waals surface area (Å²) in [5.74, 6) is -5.43. The molecule has 2 fully saturated rings. The van der Waals surface area contributed by atoms with Gasteiger partial charge < -0.3 is 69.0 Å². The van der Waals surface area contributed by atoms with Crippen LogP contribution in [-0.4, -0.2) is 177 Å². The van der Waals surface area contributed by atoms with Crippen molar-refractivity contribution in [2.24, 2.45) is 0 Å². The number of hydrogen-bond acceptors (Lipinski definition) is 22. The Morgan fingerprint density at radius 2 is 1.06 bits per heavy atom. The smallest absolute Gasteiger partial charge is 0.403 e. The number of nitrogens with one attached hydrogen (secondary N) is 2. The zero-order valence-corrected chi connectivity index (χ0v) is 40.3. The van der Waals surface area contributed by atoms with E-state index in [0.717, 1.165) is 6.66 Å². The van der Waals surface area contributed by atoms with Gasteiger partial charge in [0.15, 0.2) is 30.9 Å². The largest absolute Gasteiger partial charge is 0.462 e. The van der Waals surface area contributed by atoms with Gasteiger partial charge in [-0.15, -0.1) is 0 Å². The van der Waals surface area contributed by atoms with E-state index in [1.807, 2.05) is 0 Å². The second-order valence-corrected chi connectivity index (χ2v) is 18.0. The summed E-state index contributed by atoms with van der Waals surface area (Å²) in [5, 5.41) is 48.7. The molecule has 0 aromatic rings. The number of esters is 5. The Labute approximate surface area is 390 Å². The summed E-state index contributed by atoms with van der Waals surface area (Å²) >= 11 is 0. The third kappa shape index (κ3) is 20.1. The number of amides is 2. The molecule has 8 N–H and O–H groups in total. The van der Waals surface area contributed by atoms with E-state index >= 15 is 0 Å². The molecule has 0 bridgehead atoms. The van der Waals surface area contributed by atoms with Crippen LogP contribution in [0.25, 0.3) is 0 Å². The number of aliphatic hydroxyl groups is 4. The van der Waals surface area contributed by atoms with Crippen molar-refractivity contribution in [3.63, 3.8) is 0 Å². The Hall–Kier alpha value is -3.68. The molecule has 386 valence electrons. The van der Waals surface area contributed by atoms with Crippen LogP contribution < -0.4 is 10.6 Å². The van der Waals surface area contributed by atoms with Gasteiger partial charge in [0.1, 0.15) is 55.4 Å². The summed E-state index contributed by atoms with van der Waals surface area (Å²) in [4.78, 5) is 111. The molecule has 0 aliphatic carbocycles. The molecule has 14 atom stereocenters. The molecule has 2 heterocycles. The van der Waals surface area contributed by atoms with Crippen molar-refractivity contribution in [1.29, 1.82) is 0 Å². The molecular weight excluding hydrogens is 915 g/mol. The Morgan fingerprint density at radius 1 is 0.597 bits per heavy atom. The predicted molar refractivity (Wildman–Crippen MR) is 231 cm³/mol. The van der Waals surface area contributed by atoms with E-state index < -0.39 is 168 Å². The third-order valence-corrected chi connectivity index (χ3v) is 11.3. The Morgan fingerprint density at radius 3 is 1.51 bits per heavy atom. The van der Waals surface area contributed by atoms with E-state index in [-0.39, 0.29) is 51.4 Å². The van der Waals surface area contributed by atoms with Gasteiger partial charge in [-0.3, -0.25) is 33.6 Å². The van der Waals surface area contributed by atoms with Crippen LogP contribution in [0.15, 0.2) is 0 Å². The Balaban J connectivity index is 2.60. The zero-order chi connectivity index (χ0) is 50.6. The van der Waals surface area contributed by atoms with Crippen LogP contribution in [0.3, 0.4) is 0 Å². The molecule has 0 spiro atoms. The lowest BCUT2D eigenvalue weighted by Gasteiger charge is -2.46. The molecule has 2 aliphatic heterocycles. The first-order chi connectivity index (χ1) is 31.6. The van der Waals surface area contributed by atoms with Crippen LogP contribution >= 0.6 is 7.94 Å². The van der Waals surface area contributed by atoms with Crippen molar-refractivity contribution in [1.82, 2.24) is 10.6 Å². The maximum absolute atomic E-state index is 13.8. The van der Waals surface area contributed by atoms with Gasteiger partial charge in [-0.1, -0.05) is 48.5 Å². The molecule has 0 saturated carbocycles. The Bertz CT molecular complexity index is 1600. The van der Waals surface area contributed by atoms with E-state index in [1.54, 1.807) is 48.5 Å². The van der Waals surface area contributed by atoms with E-state index in [0.29, 0.717) is 0 Å². The molecule has 2 aliphatic rings. The standard InChI is InChI=1S/C42H71N2O22P/c1-9-22(46)16-33(52)64-39-35(43-28(47)17-23(10-2)59-30(49)13-5)41(55)62-27(37(39)54)21-58-42-36(44-29(48)18-24(11-3)60-31(50)14-6)40(38(26(20-45)63-42)66-67(8,56)57)65-34(53)19-25(12-4)61-32(51)15-7/h22-27,35-42,45-46,54-57H,9-21H2,1-8H3,(H-,43,44,47,48)/p+1. The number of rotatable bonds is 28. The molecule has 2 amide bonds. The maximum Gasteiger partial charge on any atom is 0.403 e. The molecule has 0 radical (unpaired) electrons. The molecule has 0 aromatic carbocycles. The second kappa shape index (κ2) is 29.4. The highest BCUT2D eigenvalue weighted by molar-refractivity contribution is 7.58. The number of ether oxygens (including phenoxy) is 8. The van der Waals surface area contributed by atoms with Gasteiger partial charge in [0.2, 0.25) is 11.8 Å². The lowest BCUT2D eigenvalue weighted by Crippen LogP contribution is -2.68. The lowest BCUT2D eigenvalue weighted by atomic mass is 9.95. The summed E-state index contributed by atoms with van der Waals surface area (Å²) in [6.07, 6.45) is -19.2. The minimum absolute atomic E-state index is 0.00231. The van der Waals surface area contributed by atoms with E-state index in [1.165, 1.54) is 0 Å². The minimum atomic E-state index is -4.27. The van der Waals surface area contributed by atoms with Crippen molar-refractivity contribution in [3.05, 3.63) is 0 Å². The van der Waals surface area contributed by atoms with Crippen LogP contribution in [0.2, 0.25) is 0 Å². The summed E-state index contributed by atoms with van der Waals surface area (Å²) in [7, 11) is -4.27. The first kappa shape index (κ1) is 59.4. The lowest BCUT2D eigenvalue weighted by molar-refractivity contribution is -0.298. The predicted octanol–water partition coefficient (Wildman–Crippen LogP) is -0.120. The molecule has 2 rings (SSSR count). The van der Waals surface area contributed by atoms with Crippen LogP contribution in [0.4, 0.5) is 0 Å². The zero-order valence-electron chi connectivity index (χ0n) is 39.4. The molecule has 24 nitrogen and oxygen atoms in total. The molecule has 25 heteroatoms. The van der Waals surface area contributed by atoms with Crippen molar-refractivity contribution in [3.8, 4) is 0 Å². The number of carbonyl (C=O) groups excluding carboxylic acids is 7. The van der Waals surface area contributed by atoms with Crippen LogP contribution in [0.1, 0.15) is 119 Å².